The Kier molecular flexibility index (Phi) is 6.80. The van der Waals surface area contributed by atoms with Crippen molar-refractivity contribution in [3.63, 3.8) is 0 Å². The first-order chi connectivity index (χ1) is 13.0. The van der Waals surface area contributed by atoms with Gasteiger partial charge in [0.2, 0.25) is 5.91 Å². The van der Waals surface area contributed by atoms with Crippen molar-refractivity contribution < 1.29 is 4.79 Å². The number of nitrogens with one attached hydrogen (secondary N) is 1. The molecule has 4 heteroatoms. The Morgan fingerprint density at radius 2 is 1.81 bits per heavy atom. The maximum absolute atomic E-state index is 12.5. The number of piperidine rings is 1. The molecule has 0 bridgehead atoms. The van der Waals surface area contributed by atoms with Crippen LogP contribution in [-0.4, -0.2) is 44.0 Å². The molecule has 2 fully saturated rings. The van der Waals surface area contributed by atoms with E-state index in [9.17, 15) is 4.79 Å². The largest absolute Gasteiger partial charge is 0.371 e. The molecular formula is C23H37N3O. The zero-order chi connectivity index (χ0) is 19.4. The lowest BCUT2D eigenvalue weighted by Gasteiger charge is -2.37. The molecule has 2 aliphatic rings. The van der Waals surface area contributed by atoms with Crippen LogP contribution in [0.5, 0.6) is 0 Å². The van der Waals surface area contributed by atoms with Crippen molar-refractivity contribution in [3.05, 3.63) is 29.3 Å². The van der Waals surface area contributed by atoms with Crippen LogP contribution in [0.1, 0.15) is 69.4 Å². The van der Waals surface area contributed by atoms with Gasteiger partial charge in [0.05, 0.1) is 0 Å². The fourth-order valence-electron chi connectivity index (χ4n) is 4.55. The number of hydrogen-bond donors (Lipinski definition) is 1. The van der Waals surface area contributed by atoms with E-state index in [-0.39, 0.29) is 11.8 Å². The van der Waals surface area contributed by atoms with Crippen molar-refractivity contribution in [1.29, 1.82) is 0 Å². The van der Waals surface area contributed by atoms with Gasteiger partial charge in [0.15, 0.2) is 0 Å². The number of carbonyl (C=O) groups excluding carboxylic acids is 1. The van der Waals surface area contributed by atoms with E-state index < -0.39 is 0 Å². The smallest absolute Gasteiger partial charge is 0.223 e. The van der Waals surface area contributed by atoms with Gasteiger partial charge in [-0.2, -0.15) is 0 Å². The molecule has 0 spiro atoms. The molecular weight excluding hydrogens is 334 g/mol. The van der Waals surface area contributed by atoms with Crippen molar-refractivity contribution in [2.45, 2.75) is 70.9 Å². The maximum Gasteiger partial charge on any atom is 0.223 e. The summed E-state index contributed by atoms with van der Waals surface area (Å²) in [6.45, 7) is 7.30. The van der Waals surface area contributed by atoms with Gasteiger partial charge in [0.1, 0.15) is 0 Å². The summed E-state index contributed by atoms with van der Waals surface area (Å²) in [5.41, 5.74) is 3.94. The summed E-state index contributed by atoms with van der Waals surface area (Å²) in [5, 5.41) is 3.24. The fraction of sp³-hybridized carbons (Fsp3) is 0.696. The summed E-state index contributed by atoms with van der Waals surface area (Å²) >= 11 is 0. The number of amides is 1. The summed E-state index contributed by atoms with van der Waals surface area (Å²) in [5.74, 6) is 0.986. The first kappa shape index (κ1) is 20.2. The van der Waals surface area contributed by atoms with Gasteiger partial charge in [0.25, 0.3) is 0 Å². The van der Waals surface area contributed by atoms with Gasteiger partial charge in [-0.25, -0.2) is 0 Å². The zero-order valence-electron chi connectivity index (χ0n) is 17.6. The Morgan fingerprint density at radius 1 is 1.15 bits per heavy atom. The highest BCUT2D eigenvalue weighted by atomic mass is 16.1. The van der Waals surface area contributed by atoms with Crippen LogP contribution in [0.25, 0.3) is 0 Å². The highest BCUT2D eigenvalue weighted by Gasteiger charge is 2.24. The van der Waals surface area contributed by atoms with Crippen molar-refractivity contribution in [3.8, 4) is 0 Å². The third kappa shape index (κ3) is 5.04. The van der Waals surface area contributed by atoms with Gasteiger partial charge < -0.3 is 15.1 Å². The highest BCUT2D eigenvalue weighted by Crippen LogP contribution is 2.29. The monoisotopic (exact) mass is 371 g/mol. The summed E-state index contributed by atoms with van der Waals surface area (Å²) in [7, 11) is 4.36. The van der Waals surface area contributed by atoms with E-state index in [2.05, 4.69) is 61.3 Å². The van der Waals surface area contributed by atoms with Crippen LogP contribution in [0.15, 0.2) is 18.2 Å². The molecule has 1 heterocycles. The van der Waals surface area contributed by atoms with E-state index in [0.717, 1.165) is 25.9 Å². The van der Waals surface area contributed by atoms with Gasteiger partial charge in [-0.05, 0) is 62.9 Å². The minimum absolute atomic E-state index is 0.234. The molecule has 0 atom stereocenters. The van der Waals surface area contributed by atoms with Crippen LogP contribution in [-0.2, 0) is 11.3 Å². The van der Waals surface area contributed by atoms with Gasteiger partial charge in [-0.15, -0.1) is 0 Å². The minimum atomic E-state index is 0.234. The zero-order valence-corrected chi connectivity index (χ0v) is 17.6. The molecule has 150 valence electrons. The molecule has 3 rings (SSSR count). The Balaban J connectivity index is 1.72. The van der Waals surface area contributed by atoms with E-state index >= 15 is 0 Å². The van der Waals surface area contributed by atoms with E-state index in [4.69, 9.17) is 0 Å². The Bertz CT molecular complexity index is 627. The molecule has 0 radical (unpaired) electrons. The standard InChI is InChI=1S/C23H37N3O/c1-17(2)19-9-10-22(26-13-11-21(12-14-26)25(3)4)20(15-19)16-24-23(27)18-7-5-6-8-18/h9-10,15,17-18,21H,5-8,11-14,16H2,1-4H3,(H,24,27). The summed E-state index contributed by atoms with van der Waals surface area (Å²) in [6.07, 6.45) is 6.92. The van der Waals surface area contributed by atoms with Gasteiger partial charge in [0, 0.05) is 37.3 Å². The summed E-state index contributed by atoms with van der Waals surface area (Å²) in [6, 6.07) is 7.54. The number of anilines is 1. The van der Waals surface area contributed by atoms with Gasteiger partial charge >= 0.3 is 0 Å². The van der Waals surface area contributed by atoms with E-state index in [0.29, 0.717) is 18.5 Å². The minimum Gasteiger partial charge on any atom is -0.371 e. The highest BCUT2D eigenvalue weighted by molar-refractivity contribution is 5.79. The molecule has 1 amide bonds. The Labute approximate surface area is 165 Å². The number of rotatable bonds is 6. The van der Waals surface area contributed by atoms with E-state index in [1.54, 1.807) is 0 Å². The molecule has 1 aromatic rings. The van der Waals surface area contributed by atoms with E-state index in [1.807, 2.05) is 0 Å². The third-order valence-electron chi connectivity index (χ3n) is 6.48. The lowest BCUT2D eigenvalue weighted by molar-refractivity contribution is -0.124. The first-order valence-corrected chi connectivity index (χ1v) is 10.8. The summed E-state index contributed by atoms with van der Waals surface area (Å²) in [4.78, 5) is 17.4. The van der Waals surface area contributed by atoms with Crippen LogP contribution >= 0.6 is 0 Å². The fourth-order valence-corrected chi connectivity index (χ4v) is 4.55. The molecule has 1 aromatic carbocycles. The molecule has 1 aliphatic heterocycles. The van der Waals surface area contributed by atoms with Crippen LogP contribution in [0.4, 0.5) is 5.69 Å². The predicted molar refractivity (Wildman–Crippen MR) is 113 cm³/mol. The molecule has 0 aromatic heterocycles. The average Bonchev–Trinajstić information content (AvgIpc) is 3.21. The topological polar surface area (TPSA) is 35.6 Å². The van der Waals surface area contributed by atoms with Crippen LogP contribution in [0, 0.1) is 5.92 Å². The van der Waals surface area contributed by atoms with Crippen molar-refractivity contribution in [2.75, 3.05) is 32.1 Å². The second kappa shape index (κ2) is 9.09. The van der Waals surface area contributed by atoms with Gasteiger partial charge in [-0.1, -0.05) is 38.8 Å². The molecule has 1 saturated carbocycles. The Hall–Kier alpha value is -1.55. The number of carbonyl (C=O) groups is 1. The van der Waals surface area contributed by atoms with Crippen molar-refractivity contribution in [1.82, 2.24) is 10.2 Å². The molecule has 1 aliphatic carbocycles. The van der Waals surface area contributed by atoms with Crippen LogP contribution < -0.4 is 10.2 Å². The molecule has 1 N–H and O–H groups in total. The van der Waals surface area contributed by atoms with E-state index in [1.165, 1.54) is 42.5 Å². The normalized spacial score (nSPS) is 19.3. The first-order valence-electron chi connectivity index (χ1n) is 10.8. The Morgan fingerprint density at radius 3 is 2.41 bits per heavy atom. The second-order valence-corrected chi connectivity index (χ2v) is 8.92. The van der Waals surface area contributed by atoms with Crippen molar-refractivity contribution in [2.24, 2.45) is 5.92 Å². The number of hydrogen-bond acceptors (Lipinski definition) is 3. The quantitative estimate of drug-likeness (QED) is 0.816. The number of nitrogens with zero attached hydrogens (tertiary/aromatic N) is 2. The van der Waals surface area contributed by atoms with Crippen LogP contribution in [0.2, 0.25) is 0 Å². The lowest BCUT2D eigenvalue weighted by Crippen LogP contribution is -2.42. The maximum atomic E-state index is 12.5. The lowest BCUT2D eigenvalue weighted by atomic mass is 9.97. The predicted octanol–water partition coefficient (Wildman–Crippen LogP) is 4.15. The SMILES string of the molecule is CC(C)c1ccc(N2CCC(N(C)C)CC2)c(CNC(=O)C2CCCC2)c1. The molecule has 0 unspecified atom stereocenters. The van der Waals surface area contributed by atoms with Crippen molar-refractivity contribution >= 4 is 11.6 Å². The number of benzene rings is 1. The third-order valence-corrected chi connectivity index (χ3v) is 6.48. The molecule has 27 heavy (non-hydrogen) atoms. The molecule has 1 saturated heterocycles. The van der Waals surface area contributed by atoms with Gasteiger partial charge in [-0.3, -0.25) is 4.79 Å². The molecule has 4 nitrogen and oxygen atoms in total. The van der Waals surface area contributed by atoms with Crippen LogP contribution in [0.3, 0.4) is 0 Å². The summed E-state index contributed by atoms with van der Waals surface area (Å²) < 4.78 is 0. The average molecular weight is 372 g/mol. The second-order valence-electron chi connectivity index (χ2n) is 8.92.